The quantitative estimate of drug-likeness (QED) is 0.793. The molecule has 5 heteroatoms. The summed E-state index contributed by atoms with van der Waals surface area (Å²) in [6, 6.07) is 7.12. The summed E-state index contributed by atoms with van der Waals surface area (Å²) >= 11 is 0. The van der Waals surface area contributed by atoms with Gasteiger partial charge in [0.15, 0.2) is 5.78 Å². The molecule has 24 heavy (non-hydrogen) atoms. The van der Waals surface area contributed by atoms with Crippen LogP contribution in [0.4, 0.5) is 0 Å². The summed E-state index contributed by atoms with van der Waals surface area (Å²) in [4.78, 5) is 28.8. The lowest BCUT2D eigenvalue weighted by Gasteiger charge is -2.37. The Bertz CT molecular complexity index is 588. The third-order valence-electron chi connectivity index (χ3n) is 5.05. The SMILES string of the molecule is CC(=O)c1ccccc1C(=O)N1CCN(CC2CCOCC2)CC1. The fourth-order valence-corrected chi connectivity index (χ4v) is 3.57. The topological polar surface area (TPSA) is 49.9 Å². The third kappa shape index (κ3) is 4.02. The van der Waals surface area contributed by atoms with Crippen molar-refractivity contribution in [2.75, 3.05) is 45.9 Å². The van der Waals surface area contributed by atoms with Crippen molar-refractivity contribution in [1.29, 1.82) is 0 Å². The van der Waals surface area contributed by atoms with Gasteiger partial charge in [-0.25, -0.2) is 0 Å². The number of ketones is 1. The molecule has 0 saturated carbocycles. The highest BCUT2D eigenvalue weighted by Gasteiger charge is 2.26. The van der Waals surface area contributed by atoms with Crippen molar-refractivity contribution in [3.63, 3.8) is 0 Å². The summed E-state index contributed by atoms with van der Waals surface area (Å²) in [6.45, 7) is 7.66. The van der Waals surface area contributed by atoms with Crippen molar-refractivity contribution in [2.24, 2.45) is 5.92 Å². The minimum Gasteiger partial charge on any atom is -0.381 e. The number of ether oxygens (including phenoxy) is 1. The number of hydrogen-bond acceptors (Lipinski definition) is 4. The molecule has 2 fully saturated rings. The molecule has 2 aliphatic rings. The third-order valence-corrected chi connectivity index (χ3v) is 5.05. The number of Topliss-reactive ketones (excluding diaryl/α,β-unsaturated/α-hetero) is 1. The number of rotatable bonds is 4. The van der Waals surface area contributed by atoms with Crippen molar-refractivity contribution >= 4 is 11.7 Å². The van der Waals surface area contributed by atoms with Gasteiger partial charge >= 0.3 is 0 Å². The van der Waals surface area contributed by atoms with Crippen LogP contribution in [-0.2, 0) is 4.74 Å². The second-order valence-corrected chi connectivity index (χ2v) is 6.75. The standard InChI is InChI=1S/C19H26N2O3/c1-15(22)17-4-2-3-5-18(17)19(23)21-10-8-20(9-11-21)14-16-6-12-24-13-7-16/h2-5,16H,6-14H2,1H3. The highest BCUT2D eigenvalue weighted by molar-refractivity contribution is 6.07. The van der Waals surface area contributed by atoms with Crippen LogP contribution in [0, 0.1) is 5.92 Å². The first kappa shape index (κ1) is 17.1. The van der Waals surface area contributed by atoms with E-state index < -0.39 is 0 Å². The molecular weight excluding hydrogens is 304 g/mol. The first-order valence-electron chi connectivity index (χ1n) is 8.84. The van der Waals surface area contributed by atoms with Crippen molar-refractivity contribution in [3.8, 4) is 0 Å². The van der Waals surface area contributed by atoms with Gasteiger partial charge in [-0.15, -0.1) is 0 Å². The van der Waals surface area contributed by atoms with Gasteiger partial charge in [-0.2, -0.15) is 0 Å². The zero-order valence-electron chi connectivity index (χ0n) is 14.4. The van der Waals surface area contributed by atoms with Gasteiger partial charge in [0.25, 0.3) is 5.91 Å². The van der Waals surface area contributed by atoms with E-state index in [1.54, 1.807) is 18.2 Å². The molecule has 130 valence electrons. The molecule has 0 spiro atoms. The summed E-state index contributed by atoms with van der Waals surface area (Å²) in [7, 11) is 0. The van der Waals surface area contributed by atoms with E-state index >= 15 is 0 Å². The largest absolute Gasteiger partial charge is 0.381 e. The van der Waals surface area contributed by atoms with E-state index in [1.165, 1.54) is 6.92 Å². The molecule has 5 nitrogen and oxygen atoms in total. The zero-order chi connectivity index (χ0) is 16.9. The van der Waals surface area contributed by atoms with Crippen LogP contribution in [0.15, 0.2) is 24.3 Å². The molecule has 0 atom stereocenters. The number of carbonyl (C=O) groups excluding carboxylic acids is 2. The fraction of sp³-hybridized carbons (Fsp3) is 0.579. The Labute approximate surface area is 143 Å². The highest BCUT2D eigenvalue weighted by Crippen LogP contribution is 2.18. The summed E-state index contributed by atoms with van der Waals surface area (Å²) in [5.41, 5.74) is 1.05. The maximum absolute atomic E-state index is 12.8. The van der Waals surface area contributed by atoms with E-state index in [0.717, 1.165) is 64.7 Å². The van der Waals surface area contributed by atoms with Gasteiger partial charge < -0.3 is 9.64 Å². The Morgan fingerprint density at radius 2 is 1.67 bits per heavy atom. The van der Waals surface area contributed by atoms with Gasteiger partial charge in [-0.1, -0.05) is 18.2 Å². The van der Waals surface area contributed by atoms with Crippen LogP contribution < -0.4 is 0 Å². The number of benzene rings is 1. The molecule has 1 aromatic rings. The number of piperazine rings is 1. The lowest BCUT2D eigenvalue weighted by atomic mass is 9.99. The van der Waals surface area contributed by atoms with Crippen LogP contribution in [0.3, 0.4) is 0 Å². The van der Waals surface area contributed by atoms with Crippen LogP contribution in [0.25, 0.3) is 0 Å². The Morgan fingerprint density at radius 1 is 1.04 bits per heavy atom. The van der Waals surface area contributed by atoms with Crippen LogP contribution >= 0.6 is 0 Å². The molecule has 1 aromatic carbocycles. The van der Waals surface area contributed by atoms with E-state index in [0.29, 0.717) is 11.1 Å². The van der Waals surface area contributed by atoms with E-state index in [9.17, 15) is 9.59 Å². The molecule has 1 amide bonds. The van der Waals surface area contributed by atoms with Crippen LogP contribution in [0.5, 0.6) is 0 Å². The second-order valence-electron chi connectivity index (χ2n) is 6.75. The Balaban J connectivity index is 1.56. The van der Waals surface area contributed by atoms with Crippen LogP contribution in [-0.4, -0.2) is 67.4 Å². The first-order valence-corrected chi connectivity index (χ1v) is 8.84. The van der Waals surface area contributed by atoms with E-state index in [2.05, 4.69) is 4.90 Å². The Kier molecular flexibility index (Phi) is 5.63. The molecule has 0 aromatic heterocycles. The van der Waals surface area contributed by atoms with Crippen LogP contribution in [0.1, 0.15) is 40.5 Å². The van der Waals surface area contributed by atoms with Gasteiger partial charge in [0, 0.05) is 51.5 Å². The van der Waals surface area contributed by atoms with Gasteiger partial charge in [0.1, 0.15) is 0 Å². The minimum absolute atomic E-state index is 0.0217. The molecule has 0 N–H and O–H groups in total. The van der Waals surface area contributed by atoms with E-state index in [-0.39, 0.29) is 11.7 Å². The highest BCUT2D eigenvalue weighted by atomic mass is 16.5. The minimum atomic E-state index is -0.0582. The van der Waals surface area contributed by atoms with Gasteiger partial charge in [0.2, 0.25) is 0 Å². The molecule has 0 radical (unpaired) electrons. The predicted molar refractivity (Wildman–Crippen MR) is 92.3 cm³/mol. The van der Waals surface area contributed by atoms with Gasteiger partial charge in [-0.05, 0) is 31.7 Å². The normalized spacial score (nSPS) is 20.1. The number of carbonyl (C=O) groups is 2. The Hall–Kier alpha value is -1.72. The van der Waals surface area contributed by atoms with Crippen molar-refractivity contribution in [2.45, 2.75) is 19.8 Å². The summed E-state index contributed by atoms with van der Waals surface area (Å²) in [5, 5.41) is 0. The average molecular weight is 330 g/mol. The van der Waals surface area contributed by atoms with E-state index in [1.807, 2.05) is 11.0 Å². The average Bonchev–Trinajstić information content (AvgIpc) is 2.62. The second kappa shape index (κ2) is 7.90. The lowest BCUT2D eigenvalue weighted by Crippen LogP contribution is -2.50. The smallest absolute Gasteiger partial charge is 0.254 e. The monoisotopic (exact) mass is 330 g/mol. The van der Waals surface area contributed by atoms with Crippen molar-refractivity contribution < 1.29 is 14.3 Å². The number of nitrogens with zero attached hydrogens (tertiary/aromatic N) is 2. The molecular formula is C19H26N2O3. The predicted octanol–water partition coefficient (Wildman–Crippen LogP) is 2.07. The van der Waals surface area contributed by atoms with Gasteiger partial charge in [-0.3, -0.25) is 14.5 Å². The fourth-order valence-electron chi connectivity index (χ4n) is 3.57. The molecule has 0 aliphatic carbocycles. The summed E-state index contributed by atoms with van der Waals surface area (Å²) < 4.78 is 5.42. The maximum Gasteiger partial charge on any atom is 0.254 e. The maximum atomic E-state index is 12.8. The molecule has 2 aliphatic heterocycles. The number of amides is 1. The number of hydrogen-bond donors (Lipinski definition) is 0. The van der Waals surface area contributed by atoms with E-state index in [4.69, 9.17) is 4.74 Å². The Morgan fingerprint density at radius 3 is 2.29 bits per heavy atom. The lowest BCUT2D eigenvalue weighted by molar-refractivity contribution is 0.0392. The van der Waals surface area contributed by atoms with Crippen LogP contribution in [0.2, 0.25) is 0 Å². The zero-order valence-corrected chi connectivity index (χ0v) is 14.4. The van der Waals surface area contributed by atoms with Crippen molar-refractivity contribution in [1.82, 2.24) is 9.80 Å². The molecule has 2 heterocycles. The molecule has 0 unspecified atom stereocenters. The van der Waals surface area contributed by atoms with Gasteiger partial charge in [0.05, 0.1) is 5.56 Å². The summed E-state index contributed by atoms with van der Waals surface area (Å²) in [5.74, 6) is 0.642. The van der Waals surface area contributed by atoms with Crippen molar-refractivity contribution in [3.05, 3.63) is 35.4 Å². The molecule has 0 bridgehead atoms. The molecule has 2 saturated heterocycles. The first-order chi connectivity index (χ1) is 11.6. The summed E-state index contributed by atoms with van der Waals surface area (Å²) in [6.07, 6.45) is 2.29. The molecule has 3 rings (SSSR count).